The van der Waals surface area contributed by atoms with E-state index in [0.717, 1.165) is 18.7 Å². The number of hydrogen-bond acceptors (Lipinski definition) is 4. The number of carbonyl (C=O) groups is 1. The maximum atomic E-state index is 12.7. The van der Waals surface area contributed by atoms with E-state index in [1.165, 1.54) is 5.56 Å². The van der Waals surface area contributed by atoms with E-state index in [2.05, 4.69) is 35.2 Å². The second kappa shape index (κ2) is 6.13. The zero-order chi connectivity index (χ0) is 15.5. The molecule has 1 aromatic carbocycles. The molecule has 3 rings (SSSR count). The summed E-state index contributed by atoms with van der Waals surface area (Å²) in [6, 6.07) is 9.69. The number of nitrogens with zero attached hydrogens (tertiary/aromatic N) is 3. The standard InChI is InChI=1S/C17H20N4O/c1-12(2)11-19-17-18-9-7-14(20-17)16(22)21-10-8-13-5-3-4-6-15(13)21/h3-7,9,12H,8,10-11H2,1-2H3,(H,18,19,20). The third-order valence-electron chi connectivity index (χ3n) is 3.68. The average molecular weight is 296 g/mol. The highest BCUT2D eigenvalue weighted by Gasteiger charge is 2.26. The predicted molar refractivity (Wildman–Crippen MR) is 87.2 cm³/mol. The highest BCUT2D eigenvalue weighted by molar-refractivity contribution is 6.06. The van der Waals surface area contributed by atoms with Gasteiger partial charge in [0.2, 0.25) is 5.95 Å². The molecule has 0 unspecified atom stereocenters. The van der Waals surface area contributed by atoms with Gasteiger partial charge in [0, 0.05) is 25.0 Å². The van der Waals surface area contributed by atoms with Crippen molar-refractivity contribution in [3.05, 3.63) is 47.8 Å². The van der Waals surface area contributed by atoms with Gasteiger partial charge in [-0.3, -0.25) is 4.79 Å². The fraction of sp³-hybridized carbons (Fsp3) is 0.353. The van der Waals surface area contributed by atoms with Gasteiger partial charge in [0.15, 0.2) is 0 Å². The number of anilines is 2. The second-order valence-corrected chi connectivity index (χ2v) is 5.88. The van der Waals surface area contributed by atoms with Gasteiger partial charge in [-0.1, -0.05) is 32.0 Å². The number of fused-ring (bicyclic) bond motifs is 1. The molecule has 0 spiro atoms. The largest absolute Gasteiger partial charge is 0.354 e. The highest BCUT2D eigenvalue weighted by atomic mass is 16.2. The average Bonchev–Trinajstić information content (AvgIpc) is 2.96. The van der Waals surface area contributed by atoms with E-state index >= 15 is 0 Å². The minimum atomic E-state index is -0.0695. The number of amides is 1. The van der Waals surface area contributed by atoms with Crippen molar-refractivity contribution in [2.24, 2.45) is 5.92 Å². The van der Waals surface area contributed by atoms with Crippen molar-refractivity contribution in [1.29, 1.82) is 0 Å². The van der Waals surface area contributed by atoms with Gasteiger partial charge in [-0.2, -0.15) is 0 Å². The summed E-state index contributed by atoms with van der Waals surface area (Å²) in [6.45, 7) is 5.72. The Balaban J connectivity index is 1.80. The maximum Gasteiger partial charge on any atom is 0.277 e. The van der Waals surface area contributed by atoms with Crippen LogP contribution < -0.4 is 10.2 Å². The molecule has 5 nitrogen and oxygen atoms in total. The number of carbonyl (C=O) groups excluding carboxylic acids is 1. The van der Waals surface area contributed by atoms with Crippen molar-refractivity contribution >= 4 is 17.5 Å². The molecule has 0 atom stereocenters. The lowest BCUT2D eigenvalue weighted by molar-refractivity contribution is 0.0984. The fourth-order valence-corrected chi connectivity index (χ4v) is 2.55. The Morgan fingerprint density at radius 3 is 2.95 bits per heavy atom. The first kappa shape index (κ1) is 14.5. The van der Waals surface area contributed by atoms with Crippen molar-refractivity contribution in [1.82, 2.24) is 9.97 Å². The minimum absolute atomic E-state index is 0.0695. The summed E-state index contributed by atoms with van der Waals surface area (Å²) in [4.78, 5) is 23.0. The third kappa shape index (κ3) is 2.93. The summed E-state index contributed by atoms with van der Waals surface area (Å²) in [6.07, 6.45) is 2.52. The van der Waals surface area contributed by atoms with Crippen LogP contribution in [0.2, 0.25) is 0 Å². The molecular weight excluding hydrogens is 276 g/mol. The zero-order valence-corrected chi connectivity index (χ0v) is 12.9. The van der Waals surface area contributed by atoms with Crippen LogP contribution in [0, 0.1) is 5.92 Å². The molecule has 2 heterocycles. The van der Waals surface area contributed by atoms with Crippen LogP contribution in [0.15, 0.2) is 36.5 Å². The van der Waals surface area contributed by atoms with Crippen LogP contribution in [0.3, 0.4) is 0 Å². The molecule has 0 fully saturated rings. The number of hydrogen-bond donors (Lipinski definition) is 1. The molecule has 1 aromatic heterocycles. The van der Waals surface area contributed by atoms with E-state index in [0.29, 0.717) is 24.1 Å². The smallest absolute Gasteiger partial charge is 0.277 e. The first-order valence-electron chi connectivity index (χ1n) is 7.62. The summed E-state index contributed by atoms with van der Waals surface area (Å²) >= 11 is 0. The molecule has 0 saturated carbocycles. The minimum Gasteiger partial charge on any atom is -0.354 e. The Kier molecular flexibility index (Phi) is 4.04. The molecule has 1 aliphatic heterocycles. The summed E-state index contributed by atoms with van der Waals surface area (Å²) in [5, 5.41) is 3.16. The van der Waals surface area contributed by atoms with Crippen LogP contribution in [0.5, 0.6) is 0 Å². The summed E-state index contributed by atoms with van der Waals surface area (Å²) < 4.78 is 0. The first-order chi connectivity index (χ1) is 10.6. The Morgan fingerprint density at radius 2 is 2.14 bits per heavy atom. The van der Waals surface area contributed by atoms with Crippen LogP contribution >= 0.6 is 0 Å². The quantitative estimate of drug-likeness (QED) is 0.942. The van der Waals surface area contributed by atoms with Gasteiger partial charge >= 0.3 is 0 Å². The van der Waals surface area contributed by atoms with E-state index < -0.39 is 0 Å². The number of rotatable bonds is 4. The van der Waals surface area contributed by atoms with Gasteiger partial charge in [0.25, 0.3) is 5.91 Å². The van der Waals surface area contributed by atoms with E-state index in [1.807, 2.05) is 18.2 Å². The molecule has 1 N–H and O–H groups in total. The van der Waals surface area contributed by atoms with Crippen LogP contribution in [-0.4, -0.2) is 29.0 Å². The molecule has 22 heavy (non-hydrogen) atoms. The molecule has 1 aliphatic rings. The van der Waals surface area contributed by atoms with E-state index in [1.54, 1.807) is 17.2 Å². The summed E-state index contributed by atoms with van der Waals surface area (Å²) in [7, 11) is 0. The monoisotopic (exact) mass is 296 g/mol. The lowest BCUT2D eigenvalue weighted by Gasteiger charge is -2.17. The third-order valence-corrected chi connectivity index (χ3v) is 3.68. The zero-order valence-electron chi connectivity index (χ0n) is 12.9. The normalized spacial score (nSPS) is 13.3. The first-order valence-corrected chi connectivity index (χ1v) is 7.62. The van der Waals surface area contributed by atoms with Crippen LogP contribution in [-0.2, 0) is 6.42 Å². The van der Waals surface area contributed by atoms with Crippen molar-refractivity contribution in [3.8, 4) is 0 Å². The molecule has 5 heteroatoms. The lowest BCUT2D eigenvalue weighted by Crippen LogP contribution is -2.30. The molecule has 1 amide bonds. The molecule has 2 aromatic rings. The topological polar surface area (TPSA) is 58.1 Å². The van der Waals surface area contributed by atoms with E-state index in [4.69, 9.17) is 0 Å². The van der Waals surface area contributed by atoms with Gasteiger partial charge in [-0.05, 0) is 30.0 Å². The molecular formula is C17H20N4O. The fourth-order valence-electron chi connectivity index (χ4n) is 2.55. The second-order valence-electron chi connectivity index (χ2n) is 5.88. The Labute approximate surface area is 130 Å². The highest BCUT2D eigenvalue weighted by Crippen LogP contribution is 2.28. The van der Waals surface area contributed by atoms with Crippen molar-refractivity contribution in [2.75, 3.05) is 23.3 Å². The molecule has 0 saturated heterocycles. The summed E-state index contributed by atoms with van der Waals surface area (Å²) in [5.41, 5.74) is 2.63. The van der Waals surface area contributed by atoms with Gasteiger partial charge < -0.3 is 10.2 Å². The van der Waals surface area contributed by atoms with Gasteiger partial charge in [0.05, 0.1) is 0 Å². The van der Waals surface area contributed by atoms with E-state index in [-0.39, 0.29) is 5.91 Å². The van der Waals surface area contributed by atoms with Crippen LogP contribution in [0.1, 0.15) is 29.9 Å². The predicted octanol–water partition coefficient (Wildman–Crippen LogP) is 2.75. The van der Waals surface area contributed by atoms with Crippen LogP contribution in [0.25, 0.3) is 0 Å². The number of nitrogens with one attached hydrogen (secondary N) is 1. The Morgan fingerprint density at radius 1 is 1.32 bits per heavy atom. The molecule has 114 valence electrons. The van der Waals surface area contributed by atoms with Crippen molar-refractivity contribution < 1.29 is 4.79 Å². The number of aromatic nitrogens is 2. The van der Waals surface area contributed by atoms with Gasteiger partial charge in [-0.25, -0.2) is 9.97 Å². The van der Waals surface area contributed by atoms with Gasteiger partial charge in [-0.15, -0.1) is 0 Å². The number of para-hydroxylation sites is 1. The molecule has 0 aliphatic carbocycles. The van der Waals surface area contributed by atoms with Gasteiger partial charge in [0.1, 0.15) is 5.69 Å². The number of benzene rings is 1. The molecule has 0 radical (unpaired) electrons. The van der Waals surface area contributed by atoms with Crippen molar-refractivity contribution in [2.45, 2.75) is 20.3 Å². The van der Waals surface area contributed by atoms with Crippen molar-refractivity contribution in [3.63, 3.8) is 0 Å². The SMILES string of the molecule is CC(C)CNc1nccc(C(=O)N2CCc3ccccc32)n1. The van der Waals surface area contributed by atoms with E-state index in [9.17, 15) is 4.79 Å². The van der Waals surface area contributed by atoms with Crippen LogP contribution in [0.4, 0.5) is 11.6 Å². The Bertz CT molecular complexity index is 684. The Hall–Kier alpha value is -2.43. The molecule has 0 bridgehead atoms. The maximum absolute atomic E-state index is 12.7. The summed E-state index contributed by atoms with van der Waals surface area (Å²) in [5.74, 6) is 0.931. The lowest BCUT2D eigenvalue weighted by atomic mass is 10.2.